The molecule has 0 saturated carbocycles. The summed E-state index contributed by atoms with van der Waals surface area (Å²) in [6.45, 7) is -0.529. The molecule has 96 valence electrons. The zero-order valence-electron chi connectivity index (χ0n) is 8.65. The molecular formula is C9H12O7S. The van der Waals surface area contributed by atoms with Gasteiger partial charge in [0.05, 0.1) is 12.4 Å². The molecule has 1 aromatic carbocycles. The Kier molecular flexibility index (Phi) is 6.18. The number of para-hydroxylation sites is 1. The minimum Gasteiger partial charge on any atom is -0.507 e. The molecule has 0 spiro atoms. The van der Waals surface area contributed by atoms with E-state index in [1.165, 1.54) is 12.1 Å². The predicted octanol–water partition coefficient (Wildman–Crippen LogP) is -0.0431. The van der Waals surface area contributed by atoms with Crippen molar-refractivity contribution in [1.29, 1.82) is 0 Å². The van der Waals surface area contributed by atoms with Gasteiger partial charge in [-0.1, -0.05) is 12.1 Å². The normalized spacial score (nSPS) is 10.2. The fraction of sp³-hybridized carbons (Fsp3) is 0.222. The van der Waals surface area contributed by atoms with Crippen molar-refractivity contribution in [1.82, 2.24) is 0 Å². The molecule has 7 nitrogen and oxygen atoms in total. The maximum Gasteiger partial charge on any atom is 0.339 e. The molecule has 0 aliphatic heterocycles. The van der Waals surface area contributed by atoms with Crippen molar-refractivity contribution in [3.8, 4) is 5.75 Å². The van der Waals surface area contributed by atoms with E-state index in [1.807, 2.05) is 0 Å². The number of aromatic carboxylic acids is 1. The predicted molar refractivity (Wildman–Crippen MR) is 58.6 cm³/mol. The Morgan fingerprint density at radius 2 is 1.76 bits per heavy atom. The van der Waals surface area contributed by atoms with Crippen LogP contribution in [0.5, 0.6) is 5.75 Å². The van der Waals surface area contributed by atoms with Crippen LogP contribution < -0.4 is 0 Å². The maximum atomic E-state index is 10.3. The summed E-state index contributed by atoms with van der Waals surface area (Å²) in [5, 5.41) is 25.2. The number of aromatic hydroxyl groups is 1. The highest BCUT2D eigenvalue weighted by atomic mass is 32.2. The van der Waals surface area contributed by atoms with Crippen LogP contribution in [0.25, 0.3) is 0 Å². The van der Waals surface area contributed by atoms with Crippen LogP contribution in [0.3, 0.4) is 0 Å². The lowest BCUT2D eigenvalue weighted by atomic mass is 10.2. The Morgan fingerprint density at radius 1 is 1.24 bits per heavy atom. The second-order valence-electron chi connectivity index (χ2n) is 2.83. The van der Waals surface area contributed by atoms with Crippen LogP contribution in [0, 0.1) is 0 Å². The molecule has 0 aliphatic carbocycles. The molecule has 0 aromatic heterocycles. The summed E-state index contributed by atoms with van der Waals surface area (Å²) >= 11 is 0. The lowest BCUT2D eigenvalue weighted by molar-refractivity contribution is 0.0693. The van der Waals surface area contributed by atoms with Gasteiger partial charge in [0, 0.05) is 0 Å². The summed E-state index contributed by atoms with van der Waals surface area (Å²) in [5.74, 6) is -1.89. The van der Waals surface area contributed by atoms with Crippen molar-refractivity contribution in [3.05, 3.63) is 29.8 Å². The van der Waals surface area contributed by atoms with Gasteiger partial charge in [0.1, 0.15) is 11.3 Å². The number of carboxylic acids is 1. The van der Waals surface area contributed by atoms with Crippen LogP contribution in [-0.4, -0.2) is 46.6 Å². The molecule has 0 atom stereocenters. The number of aliphatic hydroxyl groups excluding tert-OH is 1. The third kappa shape index (κ3) is 7.28. The minimum atomic E-state index is -3.92. The molecule has 4 N–H and O–H groups in total. The van der Waals surface area contributed by atoms with Crippen molar-refractivity contribution in [3.63, 3.8) is 0 Å². The van der Waals surface area contributed by atoms with Crippen LogP contribution >= 0.6 is 0 Å². The van der Waals surface area contributed by atoms with E-state index in [0.29, 0.717) is 0 Å². The Bertz CT molecular complexity index is 466. The van der Waals surface area contributed by atoms with E-state index in [1.54, 1.807) is 12.1 Å². The van der Waals surface area contributed by atoms with Crippen LogP contribution in [-0.2, 0) is 10.1 Å². The second-order valence-corrected chi connectivity index (χ2v) is 4.40. The maximum absolute atomic E-state index is 10.3. The van der Waals surface area contributed by atoms with Gasteiger partial charge in [-0.3, -0.25) is 4.55 Å². The molecule has 17 heavy (non-hydrogen) atoms. The zero-order valence-corrected chi connectivity index (χ0v) is 9.46. The lowest BCUT2D eigenvalue weighted by Gasteiger charge is -1.95. The van der Waals surface area contributed by atoms with Gasteiger partial charge in [-0.05, 0) is 12.1 Å². The highest BCUT2D eigenvalue weighted by Crippen LogP contribution is 2.14. The summed E-state index contributed by atoms with van der Waals surface area (Å²) in [6.07, 6.45) is 0. The molecule has 1 aromatic rings. The Hall–Kier alpha value is -1.64. The SMILES string of the molecule is O=C(O)c1ccccc1O.O=S(=O)(O)CCO. The number of carboxylic acid groups (broad SMARTS) is 1. The lowest BCUT2D eigenvalue weighted by Crippen LogP contribution is -2.06. The number of phenols is 1. The summed E-state index contributed by atoms with van der Waals surface area (Å²) in [4.78, 5) is 10.3. The van der Waals surface area contributed by atoms with Crippen molar-refractivity contribution in [2.45, 2.75) is 0 Å². The molecule has 0 fully saturated rings. The second kappa shape index (κ2) is 6.84. The van der Waals surface area contributed by atoms with Crippen molar-refractivity contribution in [2.75, 3.05) is 12.4 Å². The third-order valence-electron chi connectivity index (χ3n) is 1.48. The Labute approximate surface area is 97.7 Å². The van der Waals surface area contributed by atoms with Crippen LogP contribution in [0.4, 0.5) is 0 Å². The molecule has 0 heterocycles. The van der Waals surface area contributed by atoms with Gasteiger partial charge >= 0.3 is 5.97 Å². The topological polar surface area (TPSA) is 132 Å². The standard InChI is InChI=1S/C7H6O3.C2H6O4S/c8-6-4-2-1-3-5(6)7(9)10;3-1-2-7(4,5)6/h1-4,8H,(H,9,10);3H,1-2H2,(H,4,5,6). The van der Waals surface area contributed by atoms with Crippen LogP contribution in [0.2, 0.25) is 0 Å². The van der Waals surface area contributed by atoms with E-state index in [9.17, 15) is 13.2 Å². The average molecular weight is 264 g/mol. The molecule has 0 bridgehead atoms. The van der Waals surface area contributed by atoms with E-state index in [4.69, 9.17) is 19.9 Å². The smallest absolute Gasteiger partial charge is 0.339 e. The monoisotopic (exact) mass is 264 g/mol. The van der Waals surface area contributed by atoms with Crippen molar-refractivity contribution in [2.24, 2.45) is 0 Å². The number of rotatable bonds is 3. The number of hydrogen-bond donors (Lipinski definition) is 4. The Balaban J connectivity index is 0.000000325. The first-order valence-corrected chi connectivity index (χ1v) is 5.96. The van der Waals surface area contributed by atoms with E-state index in [0.717, 1.165) is 0 Å². The summed E-state index contributed by atoms with van der Waals surface area (Å²) in [7, 11) is -3.92. The fourth-order valence-corrected chi connectivity index (χ4v) is 1.00. The largest absolute Gasteiger partial charge is 0.507 e. The fourth-order valence-electron chi connectivity index (χ4n) is 0.770. The molecule has 0 saturated heterocycles. The molecule has 0 unspecified atom stereocenters. The van der Waals surface area contributed by atoms with E-state index in [2.05, 4.69) is 0 Å². The Morgan fingerprint density at radius 3 is 2.00 bits per heavy atom. The van der Waals surface area contributed by atoms with Crippen LogP contribution in [0.1, 0.15) is 10.4 Å². The first kappa shape index (κ1) is 15.4. The molecule has 0 aliphatic rings. The minimum absolute atomic E-state index is 0.0671. The molecule has 0 amide bonds. The first-order valence-electron chi connectivity index (χ1n) is 4.35. The summed E-state index contributed by atoms with van der Waals surface area (Å²) < 4.78 is 27.1. The van der Waals surface area contributed by atoms with Crippen molar-refractivity contribution >= 4 is 16.1 Å². The van der Waals surface area contributed by atoms with E-state index < -0.39 is 28.4 Å². The number of benzene rings is 1. The van der Waals surface area contributed by atoms with Gasteiger partial charge < -0.3 is 15.3 Å². The van der Waals surface area contributed by atoms with E-state index in [-0.39, 0.29) is 11.3 Å². The van der Waals surface area contributed by atoms with Crippen molar-refractivity contribution < 1.29 is 33.1 Å². The molecule has 0 radical (unpaired) electrons. The quantitative estimate of drug-likeness (QED) is 0.563. The number of carbonyl (C=O) groups is 1. The first-order chi connectivity index (χ1) is 7.78. The van der Waals surface area contributed by atoms with Gasteiger partial charge in [0.2, 0.25) is 0 Å². The molecular weight excluding hydrogens is 252 g/mol. The van der Waals surface area contributed by atoms with Gasteiger partial charge in [0.25, 0.3) is 10.1 Å². The highest BCUT2D eigenvalue weighted by molar-refractivity contribution is 7.85. The van der Waals surface area contributed by atoms with Crippen LogP contribution in [0.15, 0.2) is 24.3 Å². The summed E-state index contributed by atoms with van der Waals surface area (Å²) in [6, 6.07) is 5.81. The van der Waals surface area contributed by atoms with Gasteiger partial charge in [-0.2, -0.15) is 8.42 Å². The van der Waals surface area contributed by atoms with Gasteiger partial charge in [-0.15, -0.1) is 0 Å². The highest BCUT2D eigenvalue weighted by Gasteiger charge is 2.05. The van der Waals surface area contributed by atoms with Gasteiger partial charge in [0.15, 0.2) is 0 Å². The van der Waals surface area contributed by atoms with E-state index >= 15 is 0 Å². The van der Waals surface area contributed by atoms with Gasteiger partial charge in [-0.25, -0.2) is 4.79 Å². The molecule has 1 rings (SSSR count). The third-order valence-corrected chi connectivity index (χ3v) is 2.18. The zero-order chi connectivity index (χ0) is 13.5. The number of aliphatic hydroxyl groups is 1. The molecule has 8 heteroatoms. The summed E-state index contributed by atoms with van der Waals surface area (Å²) in [5.41, 5.74) is -0.0671. The average Bonchev–Trinajstić information content (AvgIpc) is 2.16. The number of hydrogen-bond acceptors (Lipinski definition) is 5.